The number of unbranched alkanes of at least 4 members (excludes halogenated alkanes) is 1. The molecule has 0 radical (unpaired) electrons. The second-order valence-electron chi connectivity index (χ2n) is 16.9. The first-order valence-corrected chi connectivity index (χ1v) is 18.3. The van der Waals surface area contributed by atoms with Crippen molar-refractivity contribution in [1.29, 1.82) is 0 Å². The minimum Gasteiger partial charge on any atom is -0.349 e. The molecule has 0 aromatic heterocycles. The Morgan fingerprint density at radius 3 is 1.49 bits per heavy atom. The van der Waals surface area contributed by atoms with Gasteiger partial charge >= 0.3 is 0 Å². The van der Waals surface area contributed by atoms with Crippen LogP contribution in [0.25, 0.3) is 0 Å². The molecule has 6 heteroatoms. The van der Waals surface area contributed by atoms with Crippen molar-refractivity contribution >= 4 is 29.1 Å². The lowest BCUT2D eigenvalue weighted by Crippen LogP contribution is -2.37. The maximum atomic E-state index is 13.6. The smallest absolute Gasteiger partial charge is 0.251 e. The van der Waals surface area contributed by atoms with Crippen LogP contribution in [0.4, 0.5) is 11.4 Å². The standard InChI is InChI=1S/C39H63N3O3/c1-8-9-10-26-11-21-32(22-12-26)40-37(45)29-23-33(41-35(43)27-13-17-30(18-14-27)38(2,3)4)25-34(24-29)42-36(44)28-15-19-31(20-16-28)39(5,6)7/h23-28,30-32H,8-22H2,1-7H3,(H,40,45)(H,41,43)(H,42,44)/t26-,27?,28?,30?,31?,32+. The summed E-state index contributed by atoms with van der Waals surface area (Å²) in [7, 11) is 0. The number of hydrogen-bond donors (Lipinski definition) is 3. The van der Waals surface area contributed by atoms with E-state index < -0.39 is 0 Å². The minimum absolute atomic E-state index is 0.0168. The molecule has 6 nitrogen and oxygen atoms in total. The predicted molar refractivity (Wildman–Crippen MR) is 186 cm³/mol. The molecule has 1 aromatic carbocycles. The summed E-state index contributed by atoms with van der Waals surface area (Å²) in [5.41, 5.74) is 2.18. The van der Waals surface area contributed by atoms with Crippen molar-refractivity contribution in [2.75, 3.05) is 10.6 Å². The molecule has 45 heavy (non-hydrogen) atoms. The van der Waals surface area contributed by atoms with Gasteiger partial charge in [0, 0.05) is 34.8 Å². The lowest BCUT2D eigenvalue weighted by Gasteiger charge is -2.36. The van der Waals surface area contributed by atoms with Crippen molar-refractivity contribution in [3.8, 4) is 0 Å². The molecule has 3 aliphatic rings. The van der Waals surface area contributed by atoms with Gasteiger partial charge in [0.05, 0.1) is 0 Å². The second kappa shape index (κ2) is 15.5. The monoisotopic (exact) mass is 621 g/mol. The predicted octanol–water partition coefficient (Wildman–Crippen LogP) is 9.75. The Hall–Kier alpha value is -2.37. The SMILES string of the molecule is CCCC[C@H]1CC[C@@H](NC(=O)c2cc(NC(=O)C3CCC(C(C)(C)C)CC3)cc(NC(=O)C3CCC(C(C)(C)C)CC3)c2)CC1. The summed E-state index contributed by atoms with van der Waals surface area (Å²) in [6.07, 6.45) is 15.9. The van der Waals surface area contributed by atoms with E-state index in [1.54, 1.807) is 12.1 Å². The van der Waals surface area contributed by atoms with E-state index in [4.69, 9.17) is 0 Å². The molecule has 0 saturated heterocycles. The third-order valence-corrected chi connectivity index (χ3v) is 11.5. The molecule has 1 aromatic rings. The zero-order chi connectivity index (χ0) is 32.8. The molecule has 3 amide bonds. The number of nitrogens with one attached hydrogen (secondary N) is 3. The maximum absolute atomic E-state index is 13.6. The molecule has 0 atom stereocenters. The average molecular weight is 622 g/mol. The van der Waals surface area contributed by atoms with E-state index in [1.165, 1.54) is 19.3 Å². The average Bonchev–Trinajstić information content (AvgIpc) is 3.00. The topological polar surface area (TPSA) is 87.3 Å². The van der Waals surface area contributed by atoms with Gasteiger partial charge in [0.15, 0.2) is 0 Å². The molecule has 252 valence electrons. The van der Waals surface area contributed by atoms with Crippen LogP contribution >= 0.6 is 0 Å². The van der Waals surface area contributed by atoms with Crippen LogP contribution in [0.2, 0.25) is 0 Å². The summed E-state index contributed by atoms with van der Waals surface area (Å²) < 4.78 is 0. The number of carbonyl (C=O) groups is 3. The molecule has 4 rings (SSSR count). The van der Waals surface area contributed by atoms with Gasteiger partial charge in [-0.15, -0.1) is 0 Å². The Morgan fingerprint density at radius 2 is 1.09 bits per heavy atom. The van der Waals surface area contributed by atoms with Crippen LogP contribution in [0.15, 0.2) is 18.2 Å². The van der Waals surface area contributed by atoms with E-state index in [2.05, 4.69) is 64.4 Å². The Kier molecular flexibility index (Phi) is 12.2. The van der Waals surface area contributed by atoms with Gasteiger partial charge in [0.1, 0.15) is 0 Å². The molecule has 3 N–H and O–H groups in total. The first kappa shape index (κ1) is 35.5. The largest absolute Gasteiger partial charge is 0.349 e. The van der Waals surface area contributed by atoms with Crippen molar-refractivity contribution in [3.05, 3.63) is 23.8 Å². The van der Waals surface area contributed by atoms with Gasteiger partial charge in [0.2, 0.25) is 11.8 Å². The van der Waals surface area contributed by atoms with Gasteiger partial charge in [0.25, 0.3) is 5.91 Å². The summed E-state index contributed by atoms with van der Waals surface area (Å²) in [5, 5.41) is 9.54. The molecular formula is C39H63N3O3. The molecule has 0 bridgehead atoms. The van der Waals surface area contributed by atoms with Gasteiger partial charge in [-0.3, -0.25) is 14.4 Å². The third kappa shape index (κ3) is 10.3. The van der Waals surface area contributed by atoms with Crippen molar-refractivity contribution in [1.82, 2.24) is 5.32 Å². The van der Waals surface area contributed by atoms with Crippen LogP contribution in [-0.2, 0) is 9.59 Å². The minimum atomic E-state index is -0.130. The number of rotatable bonds is 9. The molecule has 0 heterocycles. The quantitative estimate of drug-likeness (QED) is 0.256. The molecule has 3 aliphatic carbocycles. The number of anilines is 2. The maximum Gasteiger partial charge on any atom is 0.251 e. The van der Waals surface area contributed by atoms with Crippen molar-refractivity contribution < 1.29 is 14.4 Å². The summed E-state index contributed by atoms with van der Waals surface area (Å²) in [4.78, 5) is 40.4. The number of hydrogen-bond acceptors (Lipinski definition) is 3. The van der Waals surface area contributed by atoms with Crippen molar-refractivity contribution in [3.63, 3.8) is 0 Å². The number of amides is 3. The second-order valence-corrected chi connectivity index (χ2v) is 16.9. The summed E-state index contributed by atoms with van der Waals surface area (Å²) in [5.74, 6) is 1.89. The molecule has 3 saturated carbocycles. The molecule has 0 unspecified atom stereocenters. The Bertz CT molecular complexity index is 1070. The highest BCUT2D eigenvalue weighted by molar-refractivity contribution is 6.01. The summed E-state index contributed by atoms with van der Waals surface area (Å²) >= 11 is 0. The third-order valence-electron chi connectivity index (χ3n) is 11.5. The Labute approximate surface area is 274 Å². The summed E-state index contributed by atoms with van der Waals surface area (Å²) in [6, 6.07) is 5.56. The van der Waals surface area contributed by atoms with Crippen LogP contribution < -0.4 is 16.0 Å². The van der Waals surface area contributed by atoms with Crippen LogP contribution in [0.3, 0.4) is 0 Å². The fraction of sp³-hybridized carbons (Fsp3) is 0.769. The Morgan fingerprint density at radius 1 is 0.644 bits per heavy atom. The summed E-state index contributed by atoms with van der Waals surface area (Å²) in [6.45, 7) is 16.0. The zero-order valence-electron chi connectivity index (χ0n) is 29.5. The van der Waals surface area contributed by atoms with Gasteiger partial charge in [-0.05, 0) is 124 Å². The highest BCUT2D eigenvalue weighted by Crippen LogP contribution is 2.41. The van der Waals surface area contributed by atoms with Gasteiger partial charge in [-0.2, -0.15) is 0 Å². The van der Waals surface area contributed by atoms with E-state index in [-0.39, 0.29) is 46.4 Å². The number of benzene rings is 1. The fourth-order valence-corrected chi connectivity index (χ4v) is 8.19. The van der Waals surface area contributed by atoms with E-state index in [9.17, 15) is 14.4 Å². The first-order valence-electron chi connectivity index (χ1n) is 18.3. The number of carbonyl (C=O) groups excluding carboxylic acids is 3. The molecule has 0 aliphatic heterocycles. The van der Waals surface area contributed by atoms with Crippen LogP contribution in [0.1, 0.15) is 155 Å². The van der Waals surface area contributed by atoms with E-state index in [0.29, 0.717) is 28.8 Å². The van der Waals surface area contributed by atoms with E-state index in [1.807, 2.05) is 6.07 Å². The van der Waals surface area contributed by atoms with Crippen LogP contribution in [0, 0.1) is 40.4 Å². The van der Waals surface area contributed by atoms with Gasteiger partial charge in [-0.1, -0.05) is 67.7 Å². The van der Waals surface area contributed by atoms with Crippen molar-refractivity contribution in [2.45, 2.75) is 151 Å². The van der Waals surface area contributed by atoms with E-state index >= 15 is 0 Å². The Balaban J connectivity index is 1.44. The van der Waals surface area contributed by atoms with Crippen LogP contribution in [0.5, 0.6) is 0 Å². The van der Waals surface area contributed by atoms with Gasteiger partial charge < -0.3 is 16.0 Å². The molecule has 0 spiro atoms. The zero-order valence-corrected chi connectivity index (χ0v) is 29.5. The first-order chi connectivity index (χ1) is 21.2. The highest BCUT2D eigenvalue weighted by atomic mass is 16.2. The highest BCUT2D eigenvalue weighted by Gasteiger charge is 2.34. The van der Waals surface area contributed by atoms with Crippen molar-refractivity contribution in [2.24, 2.45) is 40.4 Å². The lowest BCUT2D eigenvalue weighted by atomic mass is 9.69. The van der Waals surface area contributed by atoms with E-state index in [0.717, 1.165) is 83.0 Å². The molecular weight excluding hydrogens is 558 g/mol. The van der Waals surface area contributed by atoms with Gasteiger partial charge in [-0.25, -0.2) is 0 Å². The fourth-order valence-electron chi connectivity index (χ4n) is 8.19. The van der Waals surface area contributed by atoms with Crippen LogP contribution in [-0.4, -0.2) is 23.8 Å². The normalized spacial score (nSPS) is 27.8. The molecule has 3 fully saturated rings. The lowest BCUT2D eigenvalue weighted by molar-refractivity contribution is -0.122.